The van der Waals surface area contributed by atoms with Crippen molar-refractivity contribution in [3.8, 4) is 29.2 Å². The summed E-state index contributed by atoms with van der Waals surface area (Å²) in [6, 6.07) is 7.78. The number of halogens is 1. The molecule has 0 saturated carbocycles. The van der Waals surface area contributed by atoms with E-state index in [1.807, 2.05) is 37.4 Å². The van der Waals surface area contributed by atoms with Crippen LogP contribution in [0.4, 0.5) is 0 Å². The molecule has 1 atom stereocenters. The molecular formula is C28H24ClN5S. The van der Waals surface area contributed by atoms with Crippen LogP contribution in [0.15, 0.2) is 53.2 Å². The molecule has 7 heteroatoms. The van der Waals surface area contributed by atoms with E-state index in [9.17, 15) is 0 Å². The van der Waals surface area contributed by atoms with Crippen LogP contribution in [0.1, 0.15) is 52.5 Å². The summed E-state index contributed by atoms with van der Waals surface area (Å²) in [5, 5.41) is 13.8. The SMILES string of the molecule is C#CCCCC1=CNC(C#Cc2sc3c(c2C)C(c2ccc(Cl)cc2)=NCc2nnc(C)n2-3)C=C1. The number of nitrogens with zero attached hydrogens (tertiary/aromatic N) is 4. The second-order valence-electron chi connectivity index (χ2n) is 8.46. The summed E-state index contributed by atoms with van der Waals surface area (Å²) >= 11 is 7.81. The van der Waals surface area contributed by atoms with Gasteiger partial charge in [0.1, 0.15) is 23.4 Å². The van der Waals surface area contributed by atoms with Crippen molar-refractivity contribution in [3.63, 3.8) is 0 Å². The number of hydrogen-bond donors (Lipinski definition) is 1. The van der Waals surface area contributed by atoms with Gasteiger partial charge in [0.25, 0.3) is 0 Å². The number of benzene rings is 1. The molecule has 0 radical (unpaired) electrons. The number of aryl methyl sites for hydroxylation is 1. The zero-order valence-electron chi connectivity index (χ0n) is 19.6. The molecule has 0 amide bonds. The van der Waals surface area contributed by atoms with Crippen LogP contribution in [0.5, 0.6) is 0 Å². The van der Waals surface area contributed by atoms with E-state index in [0.717, 1.165) is 63.2 Å². The lowest BCUT2D eigenvalue weighted by molar-refractivity contribution is 0.797. The van der Waals surface area contributed by atoms with Gasteiger partial charge in [0.05, 0.1) is 10.6 Å². The predicted octanol–water partition coefficient (Wildman–Crippen LogP) is 5.52. The normalized spacial score (nSPS) is 16.0. The van der Waals surface area contributed by atoms with Gasteiger partial charge in [0.15, 0.2) is 5.82 Å². The Labute approximate surface area is 214 Å². The average molecular weight is 498 g/mol. The number of aromatic nitrogens is 3. The number of fused-ring (bicyclic) bond motifs is 3. The monoisotopic (exact) mass is 497 g/mol. The van der Waals surface area contributed by atoms with Gasteiger partial charge < -0.3 is 5.32 Å². The maximum atomic E-state index is 6.15. The summed E-state index contributed by atoms with van der Waals surface area (Å²) in [4.78, 5) is 5.96. The average Bonchev–Trinajstić information content (AvgIpc) is 3.33. The topological polar surface area (TPSA) is 55.1 Å². The summed E-state index contributed by atoms with van der Waals surface area (Å²) in [5.74, 6) is 11.2. The third kappa shape index (κ3) is 4.68. The van der Waals surface area contributed by atoms with Crippen LogP contribution >= 0.6 is 22.9 Å². The smallest absolute Gasteiger partial charge is 0.160 e. The molecule has 2 aliphatic rings. The lowest BCUT2D eigenvalue weighted by Crippen LogP contribution is -2.22. The maximum absolute atomic E-state index is 6.15. The van der Waals surface area contributed by atoms with E-state index in [1.165, 1.54) is 5.57 Å². The Hall–Kier alpha value is -3.58. The van der Waals surface area contributed by atoms with Gasteiger partial charge in [-0.05, 0) is 56.0 Å². The standard InChI is InChI=1S/C28H24ClN5S/c1-4-5-6-7-20-8-13-23(30-16-20)14-15-24-18(2)26-27(21-9-11-22(29)12-10-21)31-17-25-33-32-19(3)34(25)28(26)35-24/h1,8-13,16,23,30H,5-7,17H2,2-3H3. The van der Waals surface area contributed by atoms with Gasteiger partial charge in [-0.3, -0.25) is 9.56 Å². The highest BCUT2D eigenvalue weighted by molar-refractivity contribution is 7.15. The number of hydrogen-bond acceptors (Lipinski definition) is 5. The lowest BCUT2D eigenvalue weighted by Gasteiger charge is -2.13. The van der Waals surface area contributed by atoms with Crippen molar-refractivity contribution in [3.05, 3.63) is 86.4 Å². The molecule has 0 aliphatic carbocycles. The van der Waals surface area contributed by atoms with Crippen LogP contribution in [0.2, 0.25) is 5.02 Å². The van der Waals surface area contributed by atoms with Gasteiger partial charge in [0, 0.05) is 28.8 Å². The molecule has 174 valence electrons. The van der Waals surface area contributed by atoms with E-state index in [4.69, 9.17) is 23.0 Å². The fourth-order valence-corrected chi connectivity index (χ4v) is 5.57. The number of nitrogens with one attached hydrogen (secondary N) is 1. The molecule has 0 spiro atoms. The molecule has 3 aromatic rings. The Morgan fingerprint density at radius 3 is 2.80 bits per heavy atom. The lowest BCUT2D eigenvalue weighted by atomic mass is 9.99. The molecular weight excluding hydrogens is 474 g/mol. The third-order valence-electron chi connectivity index (χ3n) is 6.04. The van der Waals surface area contributed by atoms with E-state index < -0.39 is 0 Å². The molecule has 1 N–H and O–H groups in total. The first-order chi connectivity index (χ1) is 17.0. The fourth-order valence-electron chi connectivity index (χ4n) is 4.20. The Bertz CT molecular complexity index is 1470. The summed E-state index contributed by atoms with van der Waals surface area (Å²) in [5.41, 5.74) is 5.38. The van der Waals surface area contributed by atoms with Crippen LogP contribution < -0.4 is 5.32 Å². The van der Waals surface area contributed by atoms with E-state index in [1.54, 1.807) is 11.3 Å². The molecule has 1 aromatic carbocycles. The first kappa shape index (κ1) is 23.2. The van der Waals surface area contributed by atoms with Crippen molar-refractivity contribution in [2.24, 2.45) is 4.99 Å². The highest BCUT2D eigenvalue weighted by Crippen LogP contribution is 2.36. The Kier molecular flexibility index (Phi) is 6.59. The molecule has 2 aliphatic heterocycles. The Balaban J connectivity index is 1.49. The minimum atomic E-state index is -0.0377. The van der Waals surface area contributed by atoms with E-state index in [-0.39, 0.29) is 6.04 Å². The summed E-state index contributed by atoms with van der Waals surface area (Å²) in [7, 11) is 0. The summed E-state index contributed by atoms with van der Waals surface area (Å²) in [6.07, 6.45) is 14.4. The number of terminal acetylenes is 1. The Morgan fingerprint density at radius 1 is 1.23 bits per heavy atom. The van der Waals surface area contributed by atoms with Gasteiger partial charge in [-0.15, -0.1) is 33.9 Å². The third-order valence-corrected chi connectivity index (χ3v) is 7.48. The van der Waals surface area contributed by atoms with E-state index in [2.05, 4.69) is 56.9 Å². The van der Waals surface area contributed by atoms with E-state index in [0.29, 0.717) is 11.6 Å². The second kappa shape index (κ2) is 9.96. The number of allylic oxidation sites excluding steroid dienone is 2. The van der Waals surface area contributed by atoms with Crippen molar-refractivity contribution >= 4 is 28.6 Å². The molecule has 0 saturated heterocycles. The quantitative estimate of drug-likeness (QED) is 0.381. The molecule has 5 nitrogen and oxygen atoms in total. The number of rotatable bonds is 4. The van der Waals surface area contributed by atoms with Crippen molar-refractivity contribution in [1.82, 2.24) is 20.1 Å². The van der Waals surface area contributed by atoms with Crippen LogP contribution in [-0.2, 0) is 6.54 Å². The van der Waals surface area contributed by atoms with Crippen LogP contribution in [0.25, 0.3) is 5.00 Å². The number of dihydropyridines is 1. The molecule has 5 rings (SSSR count). The number of unbranched alkanes of at least 4 members (excludes halogenated alkanes) is 1. The minimum Gasteiger partial charge on any atom is -0.374 e. The van der Waals surface area contributed by atoms with Gasteiger partial charge in [-0.1, -0.05) is 41.7 Å². The van der Waals surface area contributed by atoms with E-state index >= 15 is 0 Å². The molecule has 1 unspecified atom stereocenters. The van der Waals surface area contributed by atoms with Crippen molar-refractivity contribution in [2.45, 2.75) is 45.7 Å². The van der Waals surface area contributed by atoms with Crippen LogP contribution in [-0.4, -0.2) is 26.5 Å². The number of thiophene rings is 1. The summed E-state index contributed by atoms with van der Waals surface area (Å²) in [6.45, 7) is 4.55. The number of aliphatic imine (C=N–C) groups is 1. The van der Waals surface area contributed by atoms with Crippen molar-refractivity contribution in [1.29, 1.82) is 0 Å². The van der Waals surface area contributed by atoms with Crippen molar-refractivity contribution in [2.75, 3.05) is 0 Å². The first-order valence-corrected chi connectivity index (χ1v) is 12.7. The Morgan fingerprint density at radius 2 is 2.06 bits per heavy atom. The highest BCUT2D eigenvalue weighted by Gasteiger charge is 2.27. The van der Waals surface area contributed by atoms with Gasteiger partial charge in [-0.25, -0.2) is 0 Å². The van der Waals surface area contributed by atoms with Gasteiger partial charge >= 0.3 is 0 Å². The minimum absolute atomic E-state index is 0.0377. The maximum Gasteiger partial charge on any atom is 0.160 e. The van der Waals surface area contributed by atoms with Gasteiger partial charge in [-0.2, -0.15) is 0 Å². The largest absolute Gasteiger partial charge is 0.374 e. The van der Waals surface area contributed by atoms with Crippen LogP contribution in [0.3, 0.4) is 0 Å². The molecule has 4 heterocycles. The zero-order chi connectivity index (χ0) is 24.4. The predicted molar refractivity (Wildman–Crippen MR) is 143 cm³/mol. The second-order valence-corrected chi connectivity index (χ2v) is 9.89. The first-order valence-electron chi connectivity index (χ1n) is 11.5. The van der Waals surface area contributed by atoms with Crippen molar-refractivity contribution < 1.29 is 0 Å². The van der Waals surface area contributed by atoms with Crippen LogP contribution in [0, 0.1) is 38.0 Å². The van der Waals surface area contributed by atoms with Gasteiger partial charge in [0.2, 0.25) is 0 Å². The highest BCUT2D eigenvalue weighted by atomic mass is 35.5. The molecule has 0 bridgehead atoms. The zero-order valence-corrected chi connectivity index (χ0v) is 21.2. The summed E-state index contributed by atoms with van der Waals surface area (Å²) < 4.78 is 2.11. The molecule has 2 aromatic heterocycles. The molecule has 35 heavy (non-hydrogen) atoms. The molecule has 0 fully saturated rings. The fraction of sp³-hybridized carbons (Fsp3) is 0.250.